The Hall–Kier alpha value is -0.480. The van der Waals surface area contributed by atoms with E-state index < -0.39 is 0 Å². The SMILES string of the molecule is Cc1cccc(NC2=NCC3(CCCC3)CS2)c1Br. The molecule has 1 saturated carbocycles. The number of anilines is 1. The lowest BCUT2D eigenvalue weighted by atomic mass is 9.89. The molecule has 1 spiro atoms. The third-order valence-corrected chi connectivity index (χ3v) is 6.48. The molecule has 0 radical (unpaired) electrons. The average molecular weight is 339 g/mol. The number of aliphatic imine (C=N–C) groups is 1. The van der Waals surface area contributed by atoms with Crippen LogP contribution in [0.1, 0.15) is 31.2 Å². The molecule has 1 fully saturated rings. The number of benzene rings is 1. The fourth-order valence-electron chi connectivity index (χ4n) is 2.91. The maximum atomic E-state index is 4.78. The fraction of sp³-hybridized carbons (Fsp3) is 0.533. The minimum absolute atomic E-state index is 0.514. The molecular weight excluding hydrogens is 320 g/mol. The molecule has 1 aliphatic heterocycles. The van der Waals surface area contributed by atoms with E-state index in [9.17, 15) is 0 Å². The molecule has 102 valence electrons. The molecule has 0 unspecified atom stereocenters. The van der Waals surface area contributed by atoms with Crippen LogP contribution in [0.2, 0.25) is 0 Å². The molecule has 1 heterocycles. The Morgan fingerprint density at radius 2 is 2.11 bits per heavy atom. The van der Waals surface area contributed by atoms with Gasteiger partial charge in [0.15, 0.2) is 5.17 Å². The van der Waals surface area contributed by atoms with E-state index in [1.807, 2.05) is 11.8 Å². The highest BCUT2D eigenvalue weighted by molar-refractivity contribution is 9.10. The molecule has 0 amide bonds. The van der Waals surface area contributed by atoms with Gasteiger partial charge in [0.1, 0.15) is 0 Å². The Labute approximate surface area is 127 Å². The summed E-state index contributed by atoms with van der Waals surface area (Å²) in [4.78, 5) is 4.78. The molecule has 3 rings (SSSR count). The first-order chi connectivity index (χ1) is 9.19. The van der Waals surface area contributed by atoms with Crippen molar-refractivity contribution in [2.75, 3.05) is 17.6 Å². The summed E-state index contributed by atoms with van der Waals surface area (Å²) >= 11 is 5.53. The summed E-state index contributed by atoms with van der Waals surface area (Å²) in [6.07, 6.45) is 5.51. The van der Waals surface area contributed by atoms with E-state index in [0.29, 0.717) is 5.41 Å². The number of hydrogen-bond donors (Lipinski definition) is 1. The quantitative estimate of drug-likeness (QED) is 0.792. The van der Waals surface area contributed by atoms with Crippen LogP contribution in [0, 0.1) is 12.3 Å². The number of rotatable bonds is 1. The predicted molar refractivity (Wildman–Crippen MR) is 88.2 cm³/mol. The van der Waals surface area contributed by atoms with Crippen molar-refractivity contribution in [2.24, 2.45) is 10.4 Å². The van der Waals surface area contributed by atoms with Crippen molar-refractivity contribution in [3.8, 4) is 0 Å². The molecule has 2 aliphatic rings. The van der Waals surface area contributed by atoms with Gasteiger partial charge in [-0.1, -0.05) is 36.7 Å². The van der Waals surface area contributed by atoms with Gasteiger partial charge < -0.3 is 5.32 Å². The van der Waals surface area contributed by atoms with E-state index in [2.05, 4.69) is 46.4 Å². The third-order valence-electron chi connectivity index (χ3n) is 4.17. The van der Waals surface area contributed by atoms with Gasteiger partial charge in [0.05, 0.1) is 5.69 Å². The number of thioether (sulfide) groups is 1. The fourth-order valence-corrected chi connectivity index (χ4v) is 4.44. The van der Waals surface area contributed by atoms with E-state index >= 15 is 0 Å². The molecule has 1 aromatic rings. The standard InChI is InChI=1S/C15H19BrN2S/c1-11-5-4-6-12(13(11)16)18-14-17-9-15(10-19-14)7-2-3-8-15/h4-6H,2-3,7-10H2,1H3,(H,17,18). The molecule has 4 heteroatoms. The summed E-state index contributed by atoms with van der Waals surface area (Å²) in [6.45, 7) is 3.12. The second-order valence-corrected chi connectivity index (χ2v) is 7.44. The van der Waals surface area contributed by atoms with Crippen LogP contribution in [0.25, 0.3) is 0 Å². The zero-order valence-electron chi connectivity index (χ0n) is 11.2. The van der Waals surface area contributed by atoms with E-state index in [1.165, 1.54) is 37.0 Å². The van der Waals surface area contributed by atoms with Crippen LogP contribution in [-0.2, 0) is 0 Å². The Kier molecular flexibility index (Phi) is 3.90. The van der Waals surface area contributed by atoms with Gasteiger partial charge in [0.25, 0.3) is 0 Å². The third kappa shape index (κ3) is 2.84. The van der Waals surface area contributed by atoms with Crippen LogP contribution in [0.5, 0.6) is 0 Å². The topological polar surface area (TPSA) is 24.4 Å². The number of aryl methyl sites for hydroxylation is 1. The number of halogens is 1. The van der Waals surface area contributed by atoms with Gasteiger partial charge in [-0.25, -0.2) is 0 Å². The van der Waals surface area contributed by atoms with E-state index in [-0.39, 0.29) is 0 Å². The Morgan fingerprint density at radius 3 is 2.79 bits per heavy atom. The summed E-state index contributed by atoms with van der Waals surface area (Å²) in [6, 6.07) is 6.29. The van der Waals surface area contributed by atoms with Crippen LogP contribution in [0.4, 0.5) is 5.69 Å². The summed E-state index contributed by atoms with van der Waals surface area (Å²) in [5.74, 6) is 1.22. The van der Waals surface area contributed by atoms with Gasteiger partial charge >= 0.3 is 0 Å². The van der Waals surface area contributed by atoms with Gasteiger partial charge in [-0.3, -0.25) is 4.99 Å². The normalized spacial score (nSPS) is 21.5. The molecule has 1 aliphatic carbocycles. The molecule has 2 nitrogen and oxygen atoms in total. The van der Waals surface area contributed by atoms with Crippen LogP contribution < -0.4 is 5.32 Å². The predicted octanol–water partition coefficient (Wildman–Crippen LogP) is 4.83. The molecule has 0 aromatic heterocycles. The molecule has 19 heavy (non-hydrogen) atoms. The van der Waals surface area contributed by atoms with Gasteiger partial charge in [-0.05, 0) is 52.7 Å². The number of hydrogen-bond acceptors (Lipinski definition) is 3. The van der Waals surface area contributed by atoms with E-state index in [0.717, 1.165) is 21.9 Å². The van der Waals surface area contributed by atoms with Crippen molar-refractivity contribution < 1.29 is 0 Å². The first kappa shape index (κ1) is 13.5. The summed E-state index contributed by atoms with van der Waals surface area (Å²) < 4.78 is 1.14. The lowest BCUT2D eigenvalue weighted by Crippen LogP contribution is -2.30. The first-order valence-corrected chi connectivity index (χ1v) is 8.66. The lowest BCUT2D eigenvalue weighted by molar-refractivity contribution is 0.359. The maximum absolute atomic E-state index is 4.78. The minimum Gasteiger partial charge on any atom is -0.334 e. The van der Waals surface area contributed by atoms with Gasteiger partial charge in [0, 0.05) is 16.8 Å². The second-order valence-electron chi connectivity index (χ2n) is 5.68. The number of nitrogens with one attached hydrogen (secondary N) is 1. The molecule has 0 bridgehead atoms. The zero-order chi connectivity index (χ0) is 13.3. The lowest BCUT2D eigenvalue weighted by Gasteiger charge is -2.31. The van der Waals surface area contributed by atoms with Crippen molar-refractivity contribution in [1.29, 1.82) is 0 Å². The second kappa shape index (κ2) is 5.49. The van der Waals surface area contributed by atoms with Gasteiger partial charge in [-0.2, -0.15) is 0 Å². The van der Waals surface area contributed by atoms with E-state index in [1.54, 1.807) is 0 Å². The smallest absolute Gasteiger partial charge is 0.161 e. The first-order valence-electron chi connectivity index (χ1n) is 6.88. The summed E-state index contributed by atoms with van der Waals surface area (Å²) in [7, 11) is 0. The van der Waals surface area contributed by atoms with E-state index in [4.69, 9.17) is 4.99 Å². The number of nitrogens with zero attached hydrogens (tertiary/aromatic N) is 1. The molecule has 0 atom stereocenters. The maximum Gasteiger partial charge on any atom is 0.161 e. The van der Waals surface area contributed by atoms with Gasteiger partial charge in [0.2, 0.25) is 0 Å². The van der Waals surface area contributed by atoms with Crippen LogP contribution >= 0.6 is 27.7 Å². The van der Waals surface area contributed by atoms with Crippen LogP contribution in [-0.4, -0.2) is 17.5 Å². The number of amidine groups is 1. The Bertz CT molecular complexity index is 507. The van der Waals surface area contributed by atoms with Crippen molar-refractivity contribution in [3.63, 3.8) is 0 Å². The largest absolute Gasteiger partial charge is 0.334 e. The highest BCUT2D eigenvalue weighted by Gasteiger charge is 2.36. The average Bonchev–Trinajstić information content (AvgIpc) is 2.86. The van der Waals surface area contributed by atoms with Crippen LogP contribution in [0.3, 0.4) is 0 Å². The van der Waals surface area contributed by atoms with Crippen LogP contribution in [0.15, 0.2) is 27.7 Å². The molecule has 1 N–H and O–H groups in total. The van der Waals surface area contributed by atoms with Crippen molar-refractivity contribution in [2.45, 2.75) is 32.6 Å². The summed E-state index contributed by atoms with van der Waals surface area (Å²) in [5.41, 5.74) is 2.88. The zero-order valence-corrected chi connectivity index (χ0v) is 13.6. The Balaban J connectivity index is 1.71. The van der Waals surface area contributed by atoms with Crippen molar-refractivity contribution in [3.05, 3.63) is 28.2 Å². The summed E-state index contributed by atoms with van der Waals surface area (Å²) in [5, 5.41) is 4.54. The molecule has 0 saturated heterocycles. The van der Waals surface area contributed by atoms with Crippen molar-refractivity contribution in [1.82, 2.24) is 0 Å². The highest BCUT2D eigenvalue weighted by atomic mass is 79.9. The Morgan fingerprint density at radius 1 is 1.32 bits per heavy atom. The molecular formula is C15H19BrN2S. The monoisotopic (exact) mass is 338 g/mol. The highest BCUT2D eigenvalue weighted by Crippen LogP contribution is 2.43. The van der Waals surface area contributed by atoms with Gasteiger partial charge in [-0.15, -0.1) is 0 Å². The van der Waals surface area contributed by atoms with Crippen molar-refractivity contribution >= 4 is 38.5 Å². The molecule has 1 aromatic carbocycles. The minimum atomic E-state index is 0.514.